The topological polar surface area (TPSA) is 34.1 Å². The highest BCUT2D eigenvalue weighted by Gasteiger charge is 2.59. The van der Waals surface area contributed by atoms with Gasteiger partial charge < -0.3 is 10.1 Å². The van der Waals surface area contributed by atoms with Crippen molar-refractivity contribution in [2.45, 2.75) is 45.4 Å². The van der Waals surface area contributed by atoms with E-state index in [-0.39, 0.29) is 5.41 Å². The largest absolute Gasteiger partial charge is 0.377 e. The summed E-state index contributed by atoms with van der Waals surface area (Å²) in [5.74, 6) is 0.686. The lowest BCUT2D eigenvalue weighted by atomic mass is 9.57. The molecule has 1 N–H and O–H groups in total. The molecule has 1 saturated heterocycles. The third-order valence-electron chi connectivity index (χ3n) is 4.66. The molecule has 4 atom stereocenters. The van der Waals surface area contributed by atoms with E-state index in [0.717, 1.165) is 12.3 Å². The summed E-state index contributed by atoms with van der Waals surface area (Å²) in [7, 11) is 0. The summed E-state index contributed by atoms with van der Waals surface area (Å²) in [4.78, 5) is 4.43. The average molecular weight is 246 g/mol. The van der Waals surface area contributed by atoms with Crippen LogP contribution in [0.5, 0.6) is 0 Å². The van der Waals surface area contributed by atoms with Gasteiger partial charge in [0.2, 0.25) is 0 Å². The van der Waals surface area contributed by atoms with Crippen LogP contribution in [0.4, 0.5) is 0 Å². The van der Waals surface area contributed by atoms with Gasteiger partial charge in [-0.05, 0) is 25.5 Å². The Morgan fingerprint density at radius 1 is 1.44 bits per heavy atom. The molecule has 1 aliphatic heterocycles. The fourth-order valence-electron chi connectivity index (χ4n) is 3.65. The van der Waals surface area contributed by atoms with Crippen molar-refractivity contribution in [2.24, 2.45) is 11.3 Å². The van der Waals surface area contributed by atoms with E-state index in [1.54, 1.807) is 0 Å². The molecule has 3 rings (SSSR count). The second kappa shape index (κ2) is 4.32. The zero-order chi connectivity index (χ0) is 12.8. The number of ether oxygens (including phenoxy) is 1. The Kier molecular flexibility index (Phi) is 2.91. The zero-order valence-corrected chi connectivity index (χ0v) is 11.4. The van der Waals surface area contributed by atoms with Crippen LogP contribution in [0.1, 0.15) is 38.9 Å². The fourth-order valence-corrected chi connectivity index (χ4v) is 3.65. The van der Waals surface area contributed by atoms with Gasteiger partial charge in [-0.3, -0.25) is 4.98 Å². The van der Waals surface area contributed by atoms with Gasteiger partial charge in [0.05, 0.1) is 11.8 Å². The van der Waals surface area contributed by atoms with Gasteiger partial charge in [0.1, 0.15) is 0 Å². The Morgan fingerprint density at radius 3 is 3.00 bits per heavy atom. The van der Waals surface area contributed by atoms with Crippen molar-refractivity contribution in [3.8, 4) is 0 Å². The molecular formula is C15H22N2O. The fraction of sp³-hybridized carbons (Fsp3) is 0.667. The van der Waals surface area contributed by atoms with Gasteiger partial charge >= 0.3 is 0 Å². The van der Waals surface area contributed by atoms with E-state index in [2.05, 4.69) is 37.1 Å². The first-order chi connectivity index (χ1) is 8.60. The third kappa shape index (κ3) is 1.77. The second-order valence-corrected chi connectivity index (χ2v) is 6.19. The third-order valence-corrected chi connectivity index (χ3v) is 4.66. The van der Waals surface area contributed by atoms with Gasteiger partial charge in [0, 0.05) is 36.2 Å². The Balaban J connectivity index is 1.70. The van der Waals surface area contributed by atoms with Crippen LogP contribution in [0.15, 0.2) is 24.4 Å². The molecular weight excluding hydrogens is 224 g/mol. The molecule has 0 spiro atoms. The predicted molar refractivity (Wildman–Crippen MR) is 71.2 cm³/mol. The van der Waals surface area contributed by atoms with E-state index in [1.807, 2.05) is 18.3 Å². The van der Waals surface area contributed by atoms with Crippen LogP contribution in [0.2, 0.25) is 0 Å². The van der Waals surface area contributed by atoms with Crippen LogP contribution in [0.25, 0.3) is 0 Å². The smallest absolute Gasteiger partial charge is 0.0685 e. The first kappa shape index (κ1) is 12.1. The molecule has 0 amide bonds. The van der Waals surface area contributed by atoms with Crippen molar-refractivity contribution in [3.05, 3.63) is 30.1 Å². The molecule has 1 aromatic rings. The molecule has 0 radical (unpaired) electrons. The van der Waals surface area contributed by atoms with E-state index in [9.17, 15) is 0 Å². The lowest BCUT2D eigenvalue weighted by Gasteiger charge is -2.55. The molecule has 1 aliphatic carbocycles. The summed E-state index contributed by atoms with van der Waals surface area (Å²) in [5, 5.41) is 3.75. The van der Waals surface area contributed by atoms with Gasteiger partial charge in [0.25, 0.3) is 0 Å². The van der Waals surface area contributed by atoms with Crippen LogP contribution in [-0.4, -0.2) is 23.7 Å². The van der Waals surface area contributed by atoms with Crippen LogP contribution < -0.4 is 5.32 Å². The van der Waals surface area contributed by atoms with Gasteiger partial charge in [-0.2, -0.15) is 0 Å². The highest BCUT2D eigenvalue weighted by atomic mass is 16.5. The Labute approximate surface area is 109 Å². The maximum atomic E-state index is 5.83. The van der Waals surface area contributed by atoms with E-state index in [1.165, 1.54) is 6.42 Å². The van der Waals surface area contributed by atoms with Crippen molar-refractivity contribution in [1.29, 1.82) is 0 Å². The van der Waals surface area contributed by atoms with Gasteiger partial charge in [-0.25, -0.2) is 0 Å². The summed E-state index contributed by atoms with van der Waals surface area (Å²) in [6, 6.07) is 6.95. The summed E-state index contributed by atoms with van der Waals surface area (Å²) >= 11 is 0. The Hall–Kier alpha value is -0.930. The molecule has 1 saturated carbocycles. The number of rotatable bonds is 3. The van der Waals surface area contributed by atoms with Gasteiger partial charge in [-0.1, -0.05) is 19.9 Å². The SMILES string of the molecule is C[C@@H](NC1C2CCOC2C1(C)C)c1ccccn1. The highest BCUT2D eigenvalue weighted by Crippen LogP contribution is 2.52. The van der Waals surface area contributed by atoms with E-state index in [4.69, 9.17) is 4.74 Å². The molecule has 3 heteroatoms. The molecule has 3 nitrogen and oxygen atoms in total. The molecule has 2 aliphatic rings. The van der Waals surface area contributed by atoms with Crippen molar-refractivity contribution in [2.75, 3.05) is 6.61 Å². The standard InChI is InChI=1S/C15H22N2O/c1-10(12-6-4-5-8-16-12)17-13-11-7-9-18-14(11)15(13,2)3/h4-6,8,10-11,13-14,17H,7,9H2,1-3H3/t10-,11?,13?,14?/m1/s1. The second-order valence-electron chi connectivity index (χ2n) is 6.19. The number of aromatic nitrogens is 1. The van der Waals surface area contributed by atoms with Gasteiger partial charge in [0.15, 0.2) is 0 Å². The van der Waals surface area contributed by atoms with E-state index >= 15 is 0 Å². The zero-order valence-electron chi connectivity index (χ0n) is 11.4. The average Bonchev–Trinajstić information content (AvgIpc) is 2.83. The molecule has 3 unspecified atom stereocenters. The quantitative estimate of drug-likeness (QED) is 0.890. The normalized spacial score (nSPS) is 34.7. The molecule has 2 fully saturated rings. The summed E-state index contributed by atoms with van der Waals surface area (Å²) in [6.07, 6.45) is 3.51. The molecule has 0 bridgehead atoms. The Morgan fingerprint density at radius 2 is 2.28 bits per heavy atom. The minimum atomic E-state index is 0.240. The van der Waals surface area contributed by atoms with Crippen molar-refractivity contribution in [1.82, 2.24) is 10.3 Å². The predicted octanol–water partition coefficient (Wildman–Crippen LogP) is 2.55. The summed E-state index contributed by atoms with van der Waals surface area (Å²) in [6.45, 7) is 7.74. The maximum Gasteiger partial charge on any atom is 0.0685 e. The molecule has 0 aromatic carbocycles. The number of nitrogens with one attached hydrogen (secondary N) is 1. The van der Waals surface area contributed by atoms with Crippen LogP contribution in [-0.2, 0) is 4.74 Å². The molecule has 1 aromatic heterocycles. The first-order valence-electron chi connectivity index (χ1n) is 6.89. The monoisotopic (exact) mass is 246 g/mol. The summed E-state index contributed by atoms with van der Waals surface area (Å²) in [5.41, 5.74) is 1.36. The number of pyridine rings is 1. The van der Waals surface area contributed by atoms with E-state index < -0.39 is 0 Å². The maximum absolute atomic E-state index is 5.83. The van der Waals surface area contributed by atoms with Crippen LogP contribution in [0.3, 0.4) is 0 Å². The molecule has 98 valence electrons. The van der Waals surface area contributed by atoms with Crippen molar-refractivity contribution < 1.29 is 4.74 Å². The van der Waals surface area contributed by atoms with Gasteiger partial charge in [-0.15, -0.1) is 0 Å². The van der Waals surface area contributed by atoms with Crippen LogP contribution in [0, 0.1) is 11.3 Å². The number of fused-ring (bicyclic) bond motifs is 1. The van der Waals surface area contributed by atoms with E-state index in [0.29, 0.717) is 24.1 Å². The number of hydrogen-bond acceptors (Lipinski definition) is 3. The minimum Gasteiger partial charge on any atom is -0.377 e. The Bertz CT molecular complexity index is 418. The van der Waals surface area contributed by atoms with Crippen molar-refractivity contribution >= 4 is 0 Å². The summed E-state index contributed by atoms with van der Waals surface area (Å²) < 4.78 is 5.83. The number of nitrogens with zero attached hydrogens (tertiary/aromatic N) is 1. The highest BCUT2D eigenvalue weighted by molar-refractivity contribution is 5.14. The van der Waals surface area contributed by atoms with Crippen molar-refractivity contribution in [3.63, 3.8) is 0 Å². The minimum absolute atomic E-state index is 0.240. The number of hydrogen-bond donors (Lipinski definition) is 1. The van der Waals surface area contributed by atoms with Crippen LogP contribution >= 0.6 is 0 Å². The molecule has 18 heavy (non-hydrogen) atoms. The molecule has 2 heterocycles. The lowest BCUT2D eigenvalue weighted by molar-refractivity contribution is -0.115. The lowest BCUT2D eigenvalue weighted by Crippen LogP contribution is -2.66. The first-order valence-corrected chi connectivity index (χ1v) is 6.89.